The van der Waals surface area contributed by atoms with Crippen LogP contribution in [0, 0.1) is 18.3 Å². The summed E-state index contributed by atoms with van der Waals surface area (Å²) in [5, 5.41) is 12.4. The zero-order valence-corrected chi connectivity index (χ0v) is 17.0. The van der Waals surface area contributed by atoms with Crippen LogP contribution >= 0.6 is 11.3 Å². The van der Waals surface area contributed by atoms with Gasteiger partial charge in [-0.3, -0.25) is 14.0 Å². The van der Waals surface area contributed by atoms with Crippen molar-refractivity contribution in [1.82, 2.24) is 19.2 Å². The van der Waals surface area contributed by atoms with Crippen molar-refractivity contribution in [1.29, 1.82) is 0 Å². The molecule has 2 saturated heterocycles. The number of fused-ring (bicyclic) bond motifs is 1. The van der Waals surface area contributed by atoms with Crippen LogP contribution in [0.2, 0.25) is 0 Å². The number of thiazole rings is 1. The first-order valence-corrected chi connectivity index (χ1v) is 11.0. The van der Waals surface area contributed by atoms with Gasteiger partial charge in [-0.15, -0.1) is 11.3 Å². The summed E-state index contributed by atoms with van der Waals surface area (Å²) in [5.41, 5.74) is 0.863. The predicted molar refractivity (Wildman–Crippen MR) is 105 cm³/mol. The van der Waals surface area contributed by atoms with Gasteiger partial charge in [0, 0.05) is 37.8 Å². The van der Waals surface area contributed by atoms with Gasteiger partial charge in [-0.25, -0.2) is 4.98 Å². The maximum absolute atomic E-state index is 13.2. The maximum Gasteiger partial charge on any atom is 0.272 e. The Morgan fingerprint density at radius 2 is 2.11 bits per heavy atom. The molecule has 0 radical (unpaired) electrons. The minimum Gasteiger partial charge on any atom is -0.391 e. The summed E-state index contributed by atoms with van der Waals surface area (Å²) >= 11 is 1.52. The van der Waals surface area contributed by atoms with Crippen LogP contribution < -0.4 is 0 Å². The number of rotatable bonds is 3. The topological polar surface area (TPSA) is 78.2 Å². The van der Waals surface area contributed by atoms with Crippen LogP contribution in [-0.4, -0.2) is 68.4 Å². The van der Waals surface area contributed by atoms with Gasteiger partial charge in [0.25, 0.3) is 5.91 Å². The van der Waals surface area contributed by atoms with Crippen molar-refractivity contribution in [2.24, 2.45) is 11.3 Å². The normalized spacial score (nSPS) is 25.1. The van der Waals surface area contributed by atoms with E-state index in [9.17, 15) is 14.7 Å². The minimum absolute atomic E-state index is 0.0168. The van der Waals surface area contributed by atoms with Gasteiger partial charge in [0.15, 0.2) is 4.96 Å². The number of piperidine rings is 2. The first-order chi connectivity index (χ1) is 13.5. The highest BCUT2D eigenvalue weighted by Crippen LogP contribution is 2.42. The van der Waals surface area contributed by atoms with Crippen LogP contribution in [0.5, 0.6) is 0 Å². The third kappa shape index (κ3) is 2.93. The number of aryl methyl sites for hydroxylation is 1. The second kappa shape index (κ2) is 6.56. The van der Waals surface area contributed by atoms with Crippen LogP contribution in [0.1, 0.15) is 48.3 Å². The third-order valence-corrected chi connectivity index (χ3v) is 7.38. The first-order valence-electron chi connectivity index (χ1n) is 10.2. The minimum atomic E-state index is -0.506. The fourth-order valence-electron chi connectivity index (χ4n) is 4.90. The van der Waals surface area contributed by atoms with Gasteiger partial charge < -0.3 is 14.9 Å². The molecule has 8 heteroatoms. The van der Waals surface area contributed by atoms with Crippen LogP contribution in [0.4, 0.5) is 0 Å². The molecule has 1 saturated carbocycles. The number of aliphatic hydroxyl groups is 1. The summed E-state index contributed by atoms with van der Waals surface area (Å²) in [6, 6.07) is 0. The molecule has 2 amide bonds. The molecule has 3 aliphatic rings. The lowest BCUT2D eigenvalue weighted by Gasteiger charge is -2.48. The summed E-state index contributed by atoms with van der Waals surface area (Å²) in [4.78, 5) is 35.4. The molecule has 0 aromatic carbocycles. The highest BCUT2D eigenvalue weighted by Gasteiger charge is 2.49. The van der Waals surface area contributed by atoms with Gasteiger partial charge >= 0.3 is 0 Å². The number of carbonyl (C=O) groups excluding carboxylic acids is 2. The van der Waals surface area contributed by atoms with Gasteiger partial charge in [0.05, 0.1) is 17.2 Å². The van der Waals surface area contributed by atoms with E-state index in [4.69, 9.17) is 0 Å². The lowest BCUT2D eigenvalue weighted by atomic mass is 9.70. The molecule has 0 bridgehead atoms. The van der Waals surface area contributed by atoms with E-state index in [0.29, 0.717) is 50.5 Å². The molecule has 1 N–H and O–H groups in total. The van der Waals surface area contributed by atoms with Crippen molar-refractivity contribution in [3.63, 3.8) is 0 Å². The van der Waals surface area contributed by atoms with E-state index in [2.05, 4.69) is 4.98 Å². The first kappa shape index (κ1) is 18.1. The van der Waals surface area contributed by atoms with Crippen molar-refractivity contribution in [2.45, 2.75) is 45.1 Å². The average Bonchev–Trinajstić information content (AvgIpc) is 3.28. The van der Waals surface area contributed by atoms with E-state index in [1.54, 1.807) is 0 Å². The van der Waals surface area contributed by atoms with Gasteiger partial charge in [0.1, 0.15) is 5.69 Å². The molecule has 1 unspecified atom stereocenters. The number of β-amino-alcohol motifs (C(OH)–C–C–N with tert-alkyl or cyclic N) is 1. The van der Waals surface area contributed by atoms with E-state index in [1.165, 1.54) is 24.2 Å². The molecule has 5 rings (SSSR count). The van der Waals surface area contributed by atoms with E-state index < -0.39 is 11.5 Å². The Morgan fingerprint density at radius 1 is 1.36 bits per heavy atom. The van der Waals surface area contributed by atoms with E-state index in [0.717, 1.165) is 17.2 Å². The fourth-order valence-corrected chi connectivity index (χ4v) is 5.66. The fraction of sp³-hybridized carbons (Fsp3) is 0.650. The van der Waals surface area contributed by atoms with Crippen LogP contribution in [0.25, 0.3) is 4.96 Å². The molecule has 2 aromatic rings. The Balaban J connectivity index is 1.32. The maximum atomic E-state index is 13.2. The second-order valence-corrected chi connectivity index (χ2v) is 9.56. The SMILES string of the molecule is Cc1nc2sccn2c1C(=O)N1CCC2(CC1)CC(O)CN(CC1CC1)C2=O. The zero-order valence-electron chi connectivity index (χ0n) is 16.1. The van der Waals surface area contributed by atoms with Crippen LogP contribution in [0.3, 0.4) is 0 Å². The molecule has 3 fully saturated rings. The number of aliphatic hydroxyl groups excluding tert-OH is 1. The Kier molecular flexibility index (Phi) is 4.24. The Hall–Kier alpha value is -1.93. The Morgan fingerprint density at radius 3 is 2.82 bits per heavy atom. The lowest BCUT2D eigenvalue weighted by Crippen LogP contribution is -2.58. The van der Waals surface area contributed by atoms with Crippen LogP contribution in [-0.2, 0) is 4.79 Å². The second-order valence-electron chi connectivity index (χ2n) is 8.69. The summed E-state index contributed by atoms with van der Waals surface area (Å²) < 4.78 is 1.86. The molecule has 150 valence electrons. The van der Waals surface area contributed by atoms with E-state index >= 15 is 0 Å². The molecular weight excluding hydrogens is 376 g/mol. The number of likely N-dealkylation sites (tertiary alicyclic amines) is 2. The lowest BCUT2D eigenvalue weighted by molar-refractivity contribution is -0.156. The quantitative estimate of drug-likeness (QED) is 0.851. The molecule has 1 spiro atoms. The van der Waals surface area contributed by atoms with Crippen molar-refractivity contribution in [3.05, 3.63) is 23.0 Å². The highest BCUT2D eigenvalue weighted by molar-refractivity contribution is 7.15. The predicted octanol–water partition coefficient (Wildman–Crippen LogP) is 1.93. The van der Waals surface area contributed by atoms with Crippen molar-refractivity contribution < 1.29 is 14.7 Å². The monoisotopic (exact) mass is 402 g/mol. The Bertz CT molecular complexity index is 921. The molecule has 1 aliphatic carbocycles. The molecule has 2 aromatic heterocycles. The standard InChI is InChI=1S/C20H26N4O3S/c1-13-16(24-8-9-28-19(24)21-13)17(26)22-6-4-20(5-7-22)10-15(25)12-23(18(20)27)11-14-2-3-14/h8-9,14-15,25H,2-7,10-12H2,1H3. The van der Waals surface area contributed by atoms with Crippen LogP contribution in [0.15, 0.2) is 11.6 Å². The van der Waals surface area contributed by atoms with Crippen molar-refractivity contribution in [3.8, 4) is 0 Å². The number of carbonyl (C=O) groups is 2. The summed E-state index contributed by atoms with van der Waals surface area (Å²) in [6.45, 7) is 4.21. The number of imidazole rings is 1. The zero-order chi connectivity index (χ0) is 19.5. The summed E-state index contributed by atoms with van der Waals surface area (Å²) in [6.07, 6.45) is 5.58. The largest absolute Gasteiger partial charge is 0.391 e. The molecule has 1 atom stereocenters. The highest BCUT2D eigenvalue weighted by atomic mass is 32.1. The number of hydrogen-bond acceptors (Lipinski definition) is 5. The van der Waals surface area contributed by atoms with E-state index in [-0.39, 0.29) is 11.8 Å². The summed E-state index contributed by atoms with van der Waals surface area (Å²) in [5.74, 6) is 0.792. The van der Waals surface area contributed by atoms with Crippen molar-refractivity contribution in [2.75, 3.05) is 26.2 Å². The van der Waals surface area contributed by atoms with Gasteiger partial charge in [0.2, 0.25) is 5.91 Å². The Labute approximate surface area is 168 Å². The number of hydrogen-bond donors (Lipinski definition) is 1. The van der Waals surface area contributed by atoms with E-state index in [1.807, 2.05) is 32.7 Å². The number of aromatic nitrogens is 2. The molecule has 2 aliphatic heterocycles. The summed E-state index contributed by atoms with van der Waals surface area (Å²) in [7, 11) is 0. The molecule has 4 heterocycles. The smallest absolute Gasteiger partial charge is 0.272 e. The number of nitrogens with zero attached hydrogens (tertiary/aromatic N) is 4. The molecule has 28 heavy (non-hydrogen) atoms. The third-order valence-electron chi connectivity index (χ3n) is 6.62. The number of amides is 2. The van der Waals surface area contributed by atoms with Gasteiger partial charge in [-0.1, -0.05) is 0 Å². The van der Waals surface area contributed by atoms with Crippen molar-refractivity contribution >= 4 is 28.1 Å². The molecular formula is C20H26N4O3S. The van der Waals surface area contributed by atoms with Gasteiger partial charge in [-0.2, -0.15) is 0 Å². The average molecular weight is 403 g/mol. The molecule has 7 nitrogen and oxygen atoms in total. The van der Waals surface area contributed by atoms with Gasteiger partial charge in [-0.05, 0) is 44.9 Å².